The quantitative estimate of drug-likeness (QED) is 0.733. The highest BCUT2D eigenvalue weighted by Crippen LogP contribution is 2.41. The molecule has 126 valence electrons. The first-order valence-corrected chi connectivity index (χ1v) is 9.78. The summed E-state index contributed by atoms with van der Waals surface area (Å²) in [7, 11) is 0. The summed E-state index contributed by atoms with van der Waals surface area (Å²) in [6.45, 7) is 0.665. The van der Waals surface area contributed by atoms with Gasteiger partial charge in [0.05, 0.1) is 21.1 Å². The Labute approximate surface area is 155 Å². The highest BCUT2D eigenvalue weighted by atomic mass is 35.5. The van der Waals surface area contributed by atoms with E-state index in [1.807, 2.05) is 23.7 Å². The van der Waals surface area contributed by atoms with Crippen LogP contribution in [0.4, 0.5) is 10.8 Å². The number of hydrogen-bond donors (Lipinski definition) is 2. The minimum atomic E-state index is -0.0893. The van der Waals surface area contributed by atoms with Gasteiger partial charge in [-0.15, -0.1) is 11.3 Å². The van der Waals surface area contributed by atoms with Gasteiger partial charge in [-0.05, 0) is 30.5 Å². The molecule has 2 aromatic rings. The van der Waals surface area contributed by atoms with Crippen molar-refractivity contribution in [1.29, 1.82) is 0 Å². The number of hydrogen-bond acceptors (Lipinski definition) is 5. The van der Waals surface area contributed by atoms with E-state index in [9.17, 15) is 0 Å². The van der Waals surface area contributed by atoms with E-state index in [4.69, 9.17) is 28.2 Å². The van der Waals surface area contributed by atoms with Crippen molar-refractivity contribution in [3.8, 4) is 0 Å². The van der Waals surface area contributed by atoms with E-state index in [0.29, 0.717) is 16.6 Å². The summed E-state index contributed by atoms with van der Waals surface area (Å²) >= 11 is 13.7. The minimum absolute atomic E-state index is 0.0893. The van der Waals surface area contributed by atoms with Crippen LogP contribution in [0.3, 0.4) is 0 Å². The molecular weight excluding hydrogens is 363 g/mol. The Bertz CT molecular complexity index is 781. The molecule has 24 heavy (non-hydrogen) atoms. The average molecular weight is 381 g/mol. The maximum Gasteiger partial charge on any atom is 0.188 e. The van der Waals surface area contributed by atoms with Gasteiger partial charge in [0, 0.05) is 6.54 Å². The normalized spacial score (nSPS) is 18.7. The van der Waals surface area contributed by atoms with E-state index in [1.165, 1.54) is 19.3 Å². The lowest BCUT2D eigenvalue weighted by Gasteiger charge is -2.41. The van der Waals surface area contributed by atoms with Gasteiger partial charge in [-0.25, -0.2) is 9.98 Å². The van der Waals surface area contributed by atoms with Crippen molar-refractivity contribution >= 4 is 51.2 Å². The van der Waals surface area contributed by atoms with Crippen LogP contribution in [0.5, 0.6) is 0 Å². The fourth-order valence-corrected chi connectivity index (χ4v) is 4.49. The highest BCUT2D eigenvalue weighted by Gasteiger charge is 2.41. The molecule has 0 amide bonds. The molecule has 0 saturated heterocycles. The number of benzene rings is 1. The van der Waals surface area contributed by atoms with Gasteiger partial charge in [0.2, 0.25) is 0 Å². The SMILES string of the molecule is Clc1ccc(CNC2=Nc3ncsc3NC23CCCCC3)cc1Cl. The molecule has 1 aromatic carbocycles. The van der Waals surface area contributed by atoms with Crippen molar-refractivity contribution in [1.82, 2.24) is 10.3 Å². The molecule has 1 aliphatic heterocycles. The fraction of sp³-hybridized carbons (Fsp3) is 0.412. The number of aliphatic imine (C=N–C) groups is 1. The van der Waals surface area contributed by atoms with E-state index < -0.39 is 0 Å². The molecule has 4 rings (SSSR count). The van der Waals surface area contributed by atoms with Crippen LogP contribution < -0.4 is 10.6 Å². The van der Waals surface area contributed by atoms with E-state index in [0.717, 1.165) is 35.1 Å². The number of amidine groups is 1. The van der Waals surface area contributed by atoms with Crippen LogP contribution in [0.2, 0.25) is 10.0 Å². The molecule has 0 radical (unpaired) electrons. The van der Waals surface area contributed by atoms with Gasteiger partial charge in [0.15, 0.2) is 5.82 Å². The highest BCUT2D eigenvalue weighted by molar-refractivity contribution is 7.14. The zero-order chi connectivity index (χ0) is 16.6. The number of fused-ring (bicyclic) bond motifs is 1. The van der Waals surface area contributed by atoms with Crippen LogP contribution in [0.25, 0.3) is 0 Å². The van der Waals surface area contributed by atoms with E-state index in [2.05, 4.69) is 15.6 Å². The molecule has 1 aromatic heterocycles. The second-order valence-corrected chi connectivity index (χ2v) is 8.00. The molecule has 1 saturated carbocycles. The first-order valence-electron chi connectivity index (χ1n) is 8.15. The third kappa shape index (κ3) is 3.01. The van der Waals surface area contributed by atoms with E-state index in [-0.39, 0.29) is 5.54 Å². The Kier molecular flexibility index (Phi) is 4.41. The second-order valence-electron chi connectivity index (χ2n) is 6.34. The summed E-state index contributed by atoms with van der Waals surface area (Å²) in [4.78, 5) is 9.18. The summed E-state index contributed by atoms with van der Waals surface area (Å²) in [5, 5.41) is 9.48. The molecule has 0 atom stereocenters. The summed E-state index contributed by atoms with van der Waals surface area (Å²) in [5.74, 6) is 1.78. The van der Waals surface area contributed by atoms with Gasteiger partial charge in [-0.1, -0.05) is 48.5 Å². The van der Waals surface area contributed by atoms with Crippen molar-refractivity contribution in [3.05, 3.63) is 39.3 Å². The lowest BCUT2D eigenvalue weighted by atomic mass is 9.80. The van der Waals surface area contributed by atoms with Crippen LogP contribution >= 0.6 is 34.5 Å². The standard InChI is InChI=1S/C17H18Cl2N4S/c18-12-5-4-11(8-13(12)19)9-20-16-17(6-2-1-3-7-17)23-15-14(22-16)21-10-24-15/h4-5,8,10,23H,1-3,6-7,9H2,(H,20,22). The van der Waals surface area contributed by atoms with Gasteiger partial charge >= 0.3 is 0 Å². The van der Waals surface area contributed by atoms with Crippen LogP contribution in [0.1, 0.15) is 37.7 Å². The summed E-state index contributed by atoms with van der Waals surface area (Å²) in [6, 6.07) is 5.71. The molecule has 1 aliphatic carbocycles. The smallest absolute Gasteiger partial charge is 0.188 e. The molecular formula is C17H18Cl2N4S. The maximum absolute atomic E-state index is 6.12. The number of halogens is 2. The minimum Gasteiger partial charge on any atom is -0.367 e. The second kappa shape index (κ2) is 6.54. The van der Waals surface area contributed by atoms with Crippen molar-refractivity contribution in [3.63, 3.8) is 0 Å². The van der Waals surface area contributed by atoms with Gasteiger partial charge in [-0.3, -0.25) is 0 Å². The van der Waals surface area contributed by atoms with Gasteiger partial charge < -0.3 is 10.6 Å². The van der Waals surface area contributed by atoms with Crippen LogP contribution in [0, 0.1) is 0 Å². The molecule has 0 unspecified atom stereocenters. The van der Waals surface area contributed by atoms with E-state index >= 15 is 0 Å². The lowest BCUT2D eigenvalue weighted by Crippen LogP contribution is -2.54. The Morgan fingerprint density at radius 1 is 1.17 bits per heavy atom. The molecule has 4 nitrogen and oxygen atoms in total. The number of thiazole rings is 1. The Hall–Kier alpha value is -1.30. The third-order valence-electron chi connectivity index (χ3n) is 4.72. The van der Waals surface area contributed by atoms with Gasteiger partial charge in [-0.2, -0.15) is 0 Å². The average Bonchev–Trinajstić information content (AvgIpc) is 3.03. The van der Waals surface area contributed by atoms with E-state index in [1.54, 1.807) is 11.3 Å². The van der Waals surface area contributed by atoms with Gasteiger partial charge in [0.1, 0.15) is 10.8 Å². The first-order chi connectivity index (χ1) is 11.7. The molecule has 2 heterocycles. The molecule has 1 spiro atoms. The molecule has 2 N–H and O–H groups in total. The topological polar surface area (TPSA) is 49.3 Å². The van der Waals surface area contributed by atoms with Crippen molar-refractivity contribution in [2.24, 2.45) is 4.99 Å². The maximum atomic E-state index is 6.12. The number of aromatic nitrogens is 1. The predicted octanol–water partition coefficient (Wildman–Crippen LogP) is 5.40. The molecule has 2 aliphatic rings. The number of anilines is 1. The fourth-order valence-electron chi connectivity index (χ4n) is 3.46. The van der Waals surface area contributed by atoms with Crippen LogP contribution in [-0.2, 0) is 6.54 Å². The monoisotopic (exact) mass is 380 g/mol. The zero-order valence-corrected chi connectivity index (χ0v) is 15.4. The first kappa shape index (κ1) is 16.2. The van der Waals surface area contributed by atoms with Crippen molar-refractivity contribution in [2.45, 2.75) is 44.2 Å². The Morgan fingerprint density at radius 2 is 2.00 bits per heavy atom. The summed E-state index contributed by atoms with van der Waals surface area (Å²) in [6.07, 6.45) is 5.91. The molecule has 1 fully saturated rings. The zero-order valence-electron chi connectivity index (χ0n) is 13.1. The Morgan fingerprint density at radius 3 is 2.79 bits per heavy atom. The van der Waals surface area contributed by atoms with Crippen molar-refractivity contribution < 1.29 is 0 Å². The summed E-state index contributed by atoms with van der Waals surface area (Å²) in [5.41, 5.74) is 2.84. The number of nitrogens with zero attached hydrogens (tertiary/aromatic N) is 2. The van der Waals surface area contributed by atoms with Crippen LogP contribution in [0.15, 0.2) is 28.7 Å². The van der Waals surface area contributed by atoms with Crippen molar-refractivity contribution in [2.75, 3.05) is 5.32 Å². The van der Waals surface area contributed by atoms with Gasteiger partial charge in [0.25, 0.3) is 0 Å². The molecule has 0 bridgehead atoms. The predicted molar refractivity (Wildman–Crippen MR) is 102 cm³/mol. The van der Waals surface area contributed by atoms with Crippen LogP contribution in [-0.4, -0.2) is 16.4 Å². The lowest BCUT2D eigenvalue weighted by molar-refractivity contribution is 0.397. The summed E-state index contributed by atoms with van der Waals surface area (Å²) < 4.78 is 0. The number of rotatable bonds is 2. The Balaban J connectivity index is 1.59. The number of nitrogens with one attached hydrogen (secondary N) is 2. The third-order valence-corrected chi connectivity index (χ3v) is 6.19. The largest absolute Gasteiger partial charge is 0.367 e. The molecule has 7 heteroatoms.